The molecule has 0 atom stereocenters. The van der Waals surface area contributed by atoms with Gasteiger partial charge in [0.1, 0.15) is 23.9 Å². The number of furan rings is 1. The molecule has 0 aliphatic carbocycles. The highest BCUT2D eigenvalue weighted by Gasteiger charge is 2.28. The number of ketones is 1. The number of fused-ring (bicyclic) bond motifs is 1. The molecule has 0 fully saturated rings. The molecule has 2 aromatic carbocycles. The van der Waals surface area contributed by atoms with Gasteiger partial charge in [0, 0.05) is 12.1 Å². The van der Waals surface area contributed by atoms with Gasteiger partial charge in [-0.1, -0.05) is 23.8 Å². The van der Waals surface area contributed by atoms with Crippen LogP contribution < -0.4 is 9.47 Å². The van der Waals surface area contributed by atoms with Crippen molar-refractivity contribution in [3.8, 4) is 11.5 Å². The van der Waals surface area contributed by atoms with Crippen LogP contribution in [0.2, 0.25) is 0 Å². The Hall–Kier alpha value is -3.27. The summed E-state index contributed by atoms with van der Waals surface area (Å²) in [5.41, 5.74) is 4.06. The molecule has 0 radical (unpaired) electrons. The summed E-state index contributed by atoms with van der Waals surface area (Å²) in [5, 5.41) is 0. The first-order valence-corrected chi connectivity index (χ1v) is 8.41. The Bertz CT molecular complexity index is 997. The first kappa shape index (κ1) is 16.2. The molecular weight excluding hydrogens is 328 g/mol. The van der Waals surface area contributed by atoms with Gasteiger partial charge in [-0.25, -0.2) is 0 Å². The van der Waals surface area contributed by atoms with Crippen LogP contribution in [0.25, 0.3) is 6.08 Å². The minimum absolute atomic E-state index is 0.155. The Morgan fingerprint density at radius 3 is 2.77 bits per heavy atom. The zero-order valence-electron chi connectivity index (χ0n) is 14.6. The molecule has 1 aliphatic rings. The Morgan fingerprint density at radius 1 is 1.08 bits per heavy atom. The molecule has 2 heterocycles. The fraction of sp³-hybridized carbons (Fsp3) is 0.136. The molecule has 1 aromatic heterocycles. The number of carbonyl (C=O) groups is 1. The van der Waals surface area contributed by atoms with Gasteiger partial charge in [-0.2, -0.15) is 0 Å². The fourth-order valence-electron chi connectivity index (χ4n) is 2.88. The molecule has 0 amide bonds. The highest BCUT2D eigenvalue weighted by Crippen LogP contribution is 2.35. The van der Waals surface area contributed by atoms with Gasteiger partial charge >= 0.3 is 0 Å². The quantitative estimate of drug-likeness (QED) is 0.617. The van der Waals surface area contributed by atoms with Gasteiger partial charge in [-0.05, 0) is 49.2 Å². The molecule has 0 bridgehead atoms. The molecular formula is C22H18O4. The molecule has 1 aliphatic heterocycles. The van der Waals surface area contributed by atoms with Gasteiger partial charge < -0.3 is 13.9 Å². The lowest BCUT2D eigenvalue weighted by atomic mass is 10.1. The zero-order valence-corrected chi connectivity index (χ0v) is 14.6. The molecule has 4 nitrogen and oxygen atoms in total. The van der Waals surface area contributed by atoms with Crippen LogP contribution >= 0.6 is 0 Å². The van der Waals surface area contributed by atoms with E-state index in [9.17, 15) is 4.79 Å². The van der Waals surface area contributed by atoms with E-state index >= 15 is 0 Å². The third-order valence-electron chi connectivity index (χ3n) is 4.36. The Kier molecular flexibility index (Phi) is 4.09. The third kappa shape index (κ3) is 3.14. The minimum Gasteiger partial charge on any atom is -0.489 e. The summed E-state index contributed by atoms with van der Waals surface area (Å²) in [7, 11) is 0. The summed E-state index contributed by atoms with van der Waals surface area (Å²) in [6.07, 6.45) is 3.15. The van der Waals surface area contributed by atoms with E-state index in [-0.39, 0.29) is 11.5 Å². The lowest BCUT2D eigenvalue weighted by molar-refractivity contribution is 0.101. The SMILES string of the molecule is Cc1ccc(C)c(COc2ccc3c(c2)O/C(=C/c2ccco2)C3=O)c1. The Morgan fingerprint density at radius 2 is 1.96 bits per heavy atom. The van der Waals surface area contributed by atoms with Crippen LogP contribution in [-0.4, -0.2) is 5.78 Å². The smallest absolute Gasteiger partial charge is 0.232 e. The minimum atomic E-state index is -0.155. The van der Waals surface area contributed by atoms with Crippen molar-refractivity contribution in [2.24, 2.45) is 0 Å². The maximum Gasteiger partial charge on any atom is 0.232 e. The van der Waals surface area contributed by atoms with Gasteiger partial charge in [-0.15, -0.1) is 0 Å². The molecule has 4 rings (SSSR count). The van der Waals surface area contributed by atoms with E-state index in [1.807, 2.05) is 0 Å². The van der Waals surface area contributed by atoms with Crippen molar-refractivity contribution in [2.75, 3.05) is 0 Å². The average molecular weight is 346 g/mol. The summed E-state index contributed by atoms with van der Waals surface area (Å²) in [6, 6.07) is 15.1. The Balaban J connectivity index is 1.52. The summed E-state index contributed by atoms with van der Waals surface area (Å²) in [5.74, 6) is 1.84. The molecule has 4 heteroatoms. The zero-order chi connectivity index (χ0) is 18.1. The van der Waals surface area contributed by atoms with Crippen molar-refractivity contribution in [1.29, 1.82) is 0 Å². The second-order valence-corrected chi connectivity index (χ2v) is 6.33. The second-order valence-electron chi connectivity index (χ2n) is 6.33. The Labute approximate surface area is 151 Å². The van der Waals surface area contributed by atoms with E-state index in [0.717, 1.165) is 5.56 Å². The van der Waals surface area contributed by atoms with E-state index in [0.29, 0.717) is 29.4 Å². The third-order valence-corrected chi connectivity index (χ3v) is 4.36. The predicted molar refractivity (Wildman–Crippen MR) is 98.3 cm³/mol. The number of ether oxygens (including phenoxy) is 2. The van der Waals surface area contributed by atoms with Gasteiger partial charge in [-0.3, -0.25) is 4.79 Å². The van der Waals surface area contributed by atoms with E-state index in [1.165, 1.54) is 11.1 Å². The summed E-state index contributed by atoms with van der Waals surface area (Å²) in [4.78, 5) is 12.4. The van der Waals surface area contributed by atoms with Gasteiger partial charge in [0.2, 0.25) is 5.78 Å². The lowest BCUT2D eigenvalue weighted by Gasteiger charge is -2.10. The maximum absolute atomic E-state index is 12.4. The van der Waals surface area contributed by atoms with E-state index in [4.69, 9.17) is 13.9 Å². The monoisotopic (exact) mass is 346 g/mol. The number of allylic oxidation sites excluding steroid dienone is 1. The fourth-order valence-corrected chi connectivity index (χ4v) is 2.88. The highest BCUT2D eigenvalue weighted by atomic mass is 16.5. The standard InChI is InChI=1S/C22H18O4/c1-14-5-6-15(2)16(10-14)13-25-18-7-8-19-20(11-18)26-21(22(19)23)12-17-4-3-9-24-17/h3-12H,13H2,1-2H3/b21-12+. The van der Waals surface area contributed by atoms with Crippen molar-refractivity contribution >= 4 is 11.9 Å². The van der Waals surface area contributed by atoms with E-state index in [1.54, 1.807) is 42.7 Å². The normalized spacial score (nSPS) is 14.4. The van der Waals surface area contributed by atoms with E-state index < -0.39 is 0 Å². The van der Waals surface area contributed by atoms with Crippen molar-refractivity contribution in [3.63, 3.8) is 0 Å². The number of hydrogen-bond donors (Lipinski definition) is 0. The molecule has 0 saturated heterocycles. The van der Waals surface area contributed by atoms with E-state index in [2.05, 4.69) is 32.0 Å². The van der Waals surface area contributed by atoms with Gasteiger partial charge in [0.25, 0.3) is 0 Å². The topological polar surface area (TPSA) is 48.7 Å². The number of carbonyl (C=O) groups excluding carboxylic acids is 1. The highest BCUT2D eigenvalue weighted by molar-refractivity contribution is 6.14. The molecule has 130 valence electrons. The van der Waals surface area contributed by atoms with Crippen LogP contribution in [0.1, 0.15) is 32.8 Å². The summed E-state index contributed by atoms with van der Waals surface area (Å²) >= 11 is 0. The molecule has 0 spiro atoms. The maximum atomic E-state index is 12.4. The second kappa shape index (κ2) is 6.56. The largest absolute Gasteiger partial charge is 0.489 e. The van der Waals surface area contributed by atoms with Gasteiger partial charge in [0.15, 0.2) is 5.76 Å². The first-order valence-electron chi connectivity index (χ1n) is 8.41. The van der Waals surface area contributed by atoms with Crippen LogP contribution in [-0.2, 0) is 6.61 Å². The number of aryl methyl sites for hydroxylation is 2. The van der Waals surface area contributed by atoms with Crippen LogP contribution in [0.15, 0.2) is 65.0 Å². The van der Waals surface area contributed by atoms with Gasteiger partial charge in [0.05, 0.1) is 11.8 Å². The first-order chi connectivity index (χ1) is 12.6. The number of rotatable bonds is 4. The van der Waals surface area contributed by atoms with Crippen LogP contribution in [0, 0.1) is 13.8 Å². The van der Waals surface area contributed by atoms with Crippen LogP contribution in [0.4, 0.5) is 0 Å². The number of hydrogen-bond acceptors (Lipinski definition) is 4. The number of Topliss-reactive ketones (excluding diaryl/α,β-unsaturated/α-hetero) is 1. The average Bonchev–Trinajstić information content (AvgIpc) is 3.24. The predicted octanol–water partition coefficient (Wildman–Crippen LogP) is 5.09. The molecule has 0 unspecified atom stereocenters. The summed E-state index contributed by atoms with van der Waals surface area (Å²) < 4.78 is 16.8. The summed E-state index contributed by atoms with van der Waals surface area (Å²) in [6.45, 7) is 4.59. The molecule has 0 N–H and O–H groups in total. The molecule has 0 saturated carbocycles. The van der Waals surface area contributed by atoms with Crippen molar-refractivity contribution in [3.05, 3.63) is 88.6 Å². The van der Waals surface area contributed by atoms with Crippen molar-refractivity contribution in [2.45, 2.75) is 20.5 Å². The van der Waals surface area contributed by atoms with Crippen molar-refractivity contribution in [1.82, 2.24) is 0 Å². The molecule has 3 aromatic rings. The molecule has 26 heavy (non-hydrogen) atoms. The lowest BCUT2D eigenvalue weighted by Crippen LogP contribution is -1.99. The van der Waals surface area contributed by atoms with Crippen molar-refractivity contribution < 1.29 is 18.7 Å². The van der Waals surface area contributed by atoms with Crippen LogP contribution in [0.3, 0.4) is 0 Å². The van der Waals surface area contributed by atoms with Crippen LogP contribution in [0.5, 0.6) is 11.5 Å². The number of benzene rings is 2.